The standard InChI is InChI=1S/C22H36N4O3/c1-4-13-25(14-5-2)15-7-12-23-22(28)24-18-16-21(27)26(17-18)19-8-10-20(11-9-19)29-6-3/h8-11,18H,4-7,12-17H2,1-3H3,(H2,23,24,28)/t18-/m0/s1. The number of nitrogens with one attached hydrogen (secondary N) is 2. The number of benzene rings is 1. The third-order valence-electron chi connectivity index (χ3n) is 4.94. The number of hydrogen-bond acceptors (Lipinski definition) is 4. The Morgan fingerprint density at radius 3 is 2.45 bits per heavy atom. The summed E-state index contributed by atoms with van der Waals surface area (Å²) < 4.78 is 5.44. The lowest BCUT2D eigenvalue weighted by Gasteiger charge is -2.21. The van der Waals surface area contributed by atoms with E-state index < -0.39 is 0 Å². The molecule has 2 N–H and O–H groups in total. The minimum Gasteiger partial charge on any atom is -0.494 e. The van der Waals surface area contributed by atoms with Crippen molar-refractivity contribution in [1.82, 2.24) is 15.5 Å². The van der Waals surface area contributed by atoms with E-state index in [-0.39, 0.29) is 18.0 Å². The number of carbonyl (C=O) groups excluding carboxylic acids is 2. The van der Waals surface area contributed by atoms with Crippen LogP contribution in [0.15, 0.2) is 24.3 Å². The van der Waals surface area contributed by atoms with E-state index in [1.54, 1.807) is 4.90 Å². The van der Waals surface area contributed by atoms with E-state index in [9.17, 15) is 9.59 Å². The first kappa shape index (κ1) is 23.0. The first-order valence-electron chi connectivity index (χ1n) is 10.9. The van der Waals surface area contributed by atoms with Gasteiger partial charge in [0.1, 0.15) is 5.75 Å². The minimum atomic E-state index is -0.200. The summed E-state index contributed by atoms with van der Waals surface area (Å²) in [6.07, 6.45) is 3.54. The Labute approximate surface area is 174 Å². The zero-order valence-corrected chi connectivity index (χ0v) is 18.1. The third-order valence-corrected chi connectivity index (χ3v) is 4.94. The summed E-state index contributed by atoms with van der Waals surface area (Å²) in [6, 6.07) is 7.10. The summed E-state index contributed by atoms with van der Waals surface area (Å²) in [4.78, 5) is 28.7. The van der Waals surface area contributed by atoms with Gasteiger partial charge in [0.25, 0.3) is 0 Å². The van der Waals surface area contributed by atoms with Crippen molar-refractivity contribution in [2.45, 2.75) is 52.5 Å². The summed E-state index contributed by atoms with van der Waals surface area (Å²) >= 11 is 0. The molecule has 1 fully saturated rings. The lowest BCUT2D eigenvalue weighted by atomic mass is 10.2. The lowest BCUT2D eigenvalue weighted by molar-refractivity contribution is -0.117. The molecular weight excluding hydrogens is 368 g/mol. The van der Waals surface area contributed by atoms with Gasteiger partial charge in [0.05, 0.1) is 12.6 Å². The largest absolute Gasteiger partial charge is 0.494 e. The minimum absolute atomic E-state index is 0.0224. The van der Waals surface area contributed by atoms with Gasteiger partial charge in [-0.3, -0.25) is 4.79 Å². The van der Waals surface area contributed by atoms with Gasteiger partial charge < -0.3 is 25.2 Å². The quantitative estimate of drug-likeness (QED) is 0.525. The zero-order chi connectivity index (χ0) is 21.1. The molecule has 7 nitrogen and oxygen atoms in total. The summed E-state index contributed by atoms with van der Waals surface area (Å²) in [6.45, 7) is 11.2. The number of amides is 3. The van der Waals surface area contributed by atoms with Crippen LogP contribution in [0.25, 0.3) is 0 Å². The maximum atomic E-state index is 12.4. The Morgan fingerprint density at radius 1 is 1.14 bits per heavy atom. The highest BCUT2D eigenvalue weighted by Gasteiger charge is 2.31. The maximum Gasteiger partial charge on any atom is 0.315 e. The molecule has 0 bridgehead atoms. The average molecular weight is 405 g/mol. The Balaban J connectivity index is 1.72. The van der Waals surface area contributed by atoms with E-state index in [1.165, 1.54) is 0 Å². The molecule has 0 aliphatic carbocycles. The second kappa shape index (κ2) is 12.3. The molecule has 3 amide bonds. The fourth-order valence-corrected chi connectivity index (χ4v) is 3.65. The van der Waals surface area contributed by atoms with Crippen LogP contribution in [0, 0.1) is 0 Å². The van der Waals surface area contributed by atoms with Crippen LogP contribution in [0.1, 0.15) is 46.5 Å². The smallest absolute Gasteiger partial charge is 0.315 e. The predicted octanol–water partition coefficient (Wildman–Crippen LogP) is 3.00. The van der Waals surface area contributed by atoms with Crippen LogP contribution in [0.3, 0.4) is 0 Å². The summed E-state index contributed by atoms with van der Waals surface area (Å²) in [7, 11) is 0. The van der Waals surface area contributed by atoms with Crippen molar-refractivity contribution in [3.05, 3.63) is 24.3 Å². The summed E-state index contributed by atoms with van der Waals surface area (Å²) in [5, 5.41) is 5.85. The molecule has 1 aromatic rings. The number of hydrogen-bond donors (Lipinski definition) is 2. The number of nitrogens with zero attached hydrogens (tertiary/aromatic N) is 2. The first-order valence-corrected chi connectivity index (χ1v) is 10.9. The van der Waals surface area contributed by atoms with Crippen LogP contribution in [-0.4, -0.2) is 62.2 Å². The SMILES string of the molecule is CCCN(CCC)CCCNC(=O)N[C@H]1CC(=O)N(c2ccc(OCC)cc2)C1. The molecule has 0 aromatic heterocycles. The molecular formula is C22H36N4O3. The summed E-state index contributed by atoms with van der Waals surface area (Å²) in [5.41, 5.74) is 0.829. The van der Waals surface area contributed by atoms with Gasteiger partial charge in [0.2, 0.25) is 5.91 Å². The van der Waals surface area contributed by atoms with Crippen LogP contribution >= 0.6 is 0 Å². The van der Waals surface area contributed by atoms with Crippen LogP contribution in [0.4, 0.5) is 10.5 Å². The molecule has 1 atom stereocenters. The molecule has 1 aromatic carbocycles. The van der Waals surface area contributed by atoms with Gasteiger partial charge in [-0.1, -0.05) is 13.8 Å². The van der Waals surface area contributed by atoms with E-state index in [4.69, 9.17) is 4.74 Å². The van der Waals surface area contributed by atoms with Gasteiger partial charge in [-0.15, -0.1) is 0 Å². The number of urea groups is 1. The van der Waals surface area contributed by atoms with Crippen molar-refractivity contribution >= 4 is 17.6 Å². The molecule has 0 unspecified atom stereocenters. The van der Waals surface area contributed by atoms with Crippen molar-refractivity contribution in [2.75, 3.05) is 44.2 Å². The number of carbonyl (C=O) groups is 2. The van der Waals surface area contributed by atoms with Crippen molar-refractivity contribution in [3.8, 4) is 5.75 Å². The van der Waals surface area contributed by atoms with Gasteiger partial charge in [0, 0.05) is 25.2 Å². The highest BCUT2D eigenvalue weighted by molar-refractivity contribution is 5.96. The molecule has 1 aliphatic heterocycles. The van der Waals surface area contributed by atoms with Gasteiger partial charge in [-0.2, -0.15) is 0 Å². The Bertz CT molecular complexity index is 629. The highest BCUT2D eigenvalue weighted by atomic mass is 16.5. The van der Waals surface area contributed by atoms with Crippen LogP contribution < -0.4 is 20.3 Å². The van der Waals surface area contributed by atoms with Gasteiger partial charge in [-0.05, 0) is 70.1 Å². The number of rotatable bonds is 12. The van der Waals surface area contributed by atoms with E-state index in [1.807, 2.05) is 31.2 Å². The van der Waals surface area contributed by atoms with Gasteiger partial charge >= 0.3 is 6.03 Å². The topological polar surface area (TPSA) is 73.9 Å². The normalized spacial score (nSPS) is 16.3. The molecule has 0 spiro atoms. The molecule has 1 aliphatic rings. The van der Waals surface area contributed by atoms with Crippen LogP contribution in [-0.2, 0) is 4.79 Å². The molecule has 0 saturated carbocycles. The zero-order valence-electron chi connectivity index (χ0n) is 18.1. The van der Waals surface area contributed by atoms with Crippen molar-refractivity contribution in [3.63, 3.8) is 0 Å². The molecule has 1 saturated heterocycles. The molecule has 0 radical (unpaired) electrons. The highest BCUT2D eigenvalue weighted by Crippen LogP contribution is 2.24. The van der Waals surface area contributed by atoms with Crippen molar-refractivity contribution in [2.24, 2.45) is 0 Å². The fourth-order valence-electron chi connectivity index (χ4n) is 3.65. The summed E-state index contributed by atoms with van der Waals surface area (Å²) in [5.74, 6) is 0.808. The number of anilines is 1. The van der Waals surface area contributed by atoms with Gasteiger partial charge in [-0.25, -0.2) is 4.79 Å². The van der Waals surface area contributed by atoms with Crippen LogP contribution in [0.5, 0.6) is 5.75 Å². The van der Waals surface area contributed by atoms with Gasteiger partial charge in [0.15, 0.2) is 0 Å². The first-order chi connectivity index (χ1) is 14.1. The Kier molecular flexibility index (Phi) is 9.77. The second-order valence-corrected chi connectivity index (χ2v) is 7.43. The molecule has 1 heterocycles. The maximum absolute atomic E-state index is 12.4. The lowest BCUT2D eigenvalue weighted by Crippen LogP contribution is -2.44. The molecule has 162 valence electrons. The van der Waals surface area contributed by atoms with Crippen molar-refractivity contribution in [1.29, 1.82) is 0 Å². The van der Waals surface area contributed by atoms with E-state index in [0.717, 1.165) is 50.3 Å². The van der Waals surface area contributed by atoms with Crippen molar-refractivity contribution < 1.29 is 14.3 Å². The Morgan fingerprint density at radius 2 is 1.83 bits per heavy atom. The number of ether oxygens (including phenoxy) is 1. The monoisotopic (exact) mass is 404 g/mol. The molecule has 2 rings (SSSR count). The average Bonchev–Trinajstić information content (AvgIpc) is 3.06. The predicted molar refractivity (Wildman–Crippen MR) is 117 cm³/mol. The molecule has 7 heteroatoms. The van der Waals surface area contributed by atoms with E-state index in [2.05, 4.69) is 29.4 Å². The van der Waals surface area contributed by atoms with E-state index >= 15 is 0 Å². The Hall–Kier alpha value is -2.28. The third kappa shape index (κ3) is 7.57. The van der Waals surface area contributed by atoms with Crippen LogP contribution in [0.2, 0.25) is 0 Å². The fraction of sp³-hybridized carbons (Fsp3) is 0.636. The second-order valence-electron chi connectivity index (χ2n) is 7.43. The van der Waals surface area contributed by atoms with E-state index in [0.29, 0.717) is 26.1 Å². The molecule has 29 heavy (non-hydrogen) atoms.